The number of rotatable bonds is 3. The summed E-state index contributed by atoms with van der Waals surface area (Å²) in [6, 6.07) is 0. The lowest BCUT2D eigenvalue weighted by atomic mass is 10.0. The van der Waals surface area contributed by atoms with Gasteiger partial charge in [0.25, 0.3) is 14.2 Å². The van der Waals surface area contributed by atoms with Crippen LogP contribution >= 0.6 is 10.7 Å². The zero-order chi connectivity index (χ0) is 13.4. The van der Waals surface area contributed by atoms with Crippen LogP contribution in [0.3, 0.4) is 0 Å². The smallest absolute Gasteiger partial charge is 0.295 e. The van der Waals surface area contributed by atoms with Crippen molar-refractivity contribution >= 4 is 19.7 Å². The number of hydrogen-bond acceptors (Lipinski definition) is 4. The molecular formula is C10H18ClN3O2S. The third kappa shape index (κ3) is 2.98. The number of aromatic nitrogens is 3. The maximum atomic E-state index is 11.5. The summed E-state index contributed by atoms with van der Waals surface area (Å²) >= 11 is 0. The monoisotopic (exact) mass is 279 g/mol. The summed E-state index contributed by atoms with van der Waals surface area (Å²) in [5, 5.41) is 7.51. The van der Waals surface area contributed by atoms with Gasteiger partial charge in [0.2, 0.25) is 0 Å². The van der Waals surface area contributed by atoms with Gasteiger partial charge in [-0.05, 0) is 27.2 Å². The maximum absolute atomic E-state index is 11.5. The summed E-state index contributed by atoms with van der Waals surface area (Å²) in [5.74, 6) is 0.785. The van der Waals surface area contributed by atoms with E-state index >= 15 is 0 Å². The lowest BCUT2D eigenvalue weighted by Gasteiger charge is -2.25. The van der Waals surface area contributed by atoms with Crippen LogP contribution in [0.5, 0.6) is 0 Å². The SMILES string of the molecule is CCC(C)c1nnc(S(=O)(=O)Cl)n1C(C)(C)C. The van der Waals surface area contributed by atoms with Crippen LogP contribution in [-0.4, -0.2) is 23.2 Å². The highest BCUT2D eigenvalue weighted by Crippen LogP contribution is 2.28. The minimum atomic E-state index is -3.88. The van der Waals surface area contributed by atoms with Gasteiger partial charge >= 0.3 is 0 Å². The molecule has 0 aliphatic rings. The largest absolute Gasteiger partial charge is 0.296 e. The summed E-state index contributed by atoms with van der Waals surface area (Å²) in [5.41, 5.74) is -0.431. The average Bonchev–Trinajstić information content (AvgIpc) is 2.59. The van der Waals surface area contributed by atoms with Gasteiger partial charge < -0.3 is 0 Å². The molecule has 5 nitrogen and oxygen atoms in total. The molecule has 0 bridgehead atoms. The molecule has 0 amide bonds. The third-order valence-corrected chi connectivity index (χ3v) is 3.71. The molecule has 0 aromatic carbocycles. The van der Waals surface area contributed by atoms with E-state index in [0.717, 1.165) is 6.42 Å². The first-order chi connectivity index (χ1) is 7.59. The maximum Gasteiger partial charge on any atom is 0.296 e. The molecule has 7 heteroatoms. The molecule has 1 atom stereocenters. The average molecular weight is 280 g/mol. The van der Waals surface area contributed by atoms with E-state index < -0.39 is 14.6 Å². The summed E-state index contributed by atoms with van der Waals surface area (Å²) in [7, 11) is 1.50. The Kier molecular flexibility index (Phi) is 3.88. The highest BCUT2D eigenvalue weighted by Gasteiger charge is 2.30. The highest BCUT2D eigenvalue weighted by molar-refractivity contribution is 8.13. The van der Waals surface area contributed by atoms with Crippen LogP contribution in [0.4, 0.5) is 0 Å². The van der Waals surface area contributed by atoms with Gasteiger partial charge in [-0.1, -0.05) is 13.8 Å². The van der Waals surface area contributed by atoms with Gasteiger partial charge in [0.1, 0.15) is 5.82 Å². The van der Waals surface area contributed by atoms with Crippen LogP contribution in [0.2, 0.25) is 0 Å². The van der Waals surface area contributed by atoms with E-state index in [0.29, 0.717) is 5.82 Å². The van der Waals surface area contributed by atoms with Crippen molar-refractivity contribution in [2.45, 2.75) is 57.7 Å². The Labute approximate surface area is 107 Å². The van der Waals surface area contributed by atoms with Crippen LogP contribution in [-0.2, 0) is 14.6 Å². The lowest BCUT2D eigenvalue weighted by Crippen LogP contribution is -2.27. The van der Waals surface area contributed by atoms with Gasteiger partial charge in [-0.3, -0.25) is 4.57 Å². The molecule has 0 aliphatic carbocycles. The first-order valence-corrected chi connectivity index (χ1v) is 7.80. The van der Waals surface area contributed by atoms with Gasteiger partial charge in [0, 0.05) is 22.1 Å². The summed E-state index contributed by atoms with van der Waals surface area (Å²) in [6.45, 7) is 9.69. The molecule has 0 spiro atoms. The quantitative estimate of drug-likeness (QED) is 0.797. The van der Waals surface area contributed by atoms with Crippen LogP contribution in [0.1, 0.15) is 52.8 Å². The van der Waals surface area contributed by atoms with E-state index in [9.17, 15) is 8.42 Å². The van der Waals surface area contributed by atoms with Gasteiger partial charge in [-0.25, -0.2) is 8.42 Å². The first kappa shape index (κ1) is 14.4. The standard InChI is InChI=1S/C10H18ClN3O2S/c1-6-7(2)8-12-13-9(17(11,15)16)14(8)10(3,4)5/h7H,6H2,1-5H3. The molecular weight excluding hydrogens is 262 g/mol. The Hall–Kier alpha value is -0.620. The van der Waals surface area contributed by atoms with Crippen LogP contribution in [0.15, 0.2) is 5.16 Å². The first-order valence-electron chi connectivity index (χ1n) is 5.49. The Morgan fingerprint density at radius 1 is 1.35 bits per heavy atom. The Bertz CT molecular complexity index is 502. The summed E-state index contributed by atoms with van der Waals surface area (Å²) < 4.78 is 24.5. The van der Waals surface area contributed by atoms with Crippen molar-refractivity contribution in [3.63, 3.8) is 0 Å². The van der Waals surface area contributed by atoms with Crippen LogP contribution < -0.4 is 0 Å². The Morgan fingerprint density at radius 3 is 2.24 bits per heavy atom. The second kappa shape index (κ2) is 4.57. The molecule has 0 radical (unpaired) electrons. The number of nitrogens with zero attached hydrogens (tertiary/aromatic N) is 3. The molecule has 1 aromatic rings. The van der Waals surface area contributed by atoms with Gasteiger partial charge in [-0.15, -0.1) is 10.2 Å². The summed E-state index contributed by atoms with van der Waals surface area (Å²) in [6.07, 6.45) is 0.858. The molecule has 1 aromatic heterocycles. The van der Waals surface area contributed by atoms with Crippen molar-refractivity contribution in [2.75, 3.05) is 0 Å². The molecule has 1 heterocycles. The fraction of sp³-hybridized carbons (Fsp3) is 0.800. The van der Waals surface area contributed by atoms with Crippen LogP contribution in [0, 0.1) is 0 Å². The highest BCUT2D eigenvalue weighted by atomic mass is 35.7. The van der Waals surface area contributed by atoms with E-state index in [4.69, 9.17) is 10.7 Å². The fourth-order valence-corrected chi connectivity index (χ4v) is 2.59. The van der Waals surface area contributed by atoms with Crippen LogP contribution in [0.25, 0.3) is 0 Å². The molecule has 98 valence electrons. The zero-order valence-corrected chi connectivity index (χ0v) is 12.3. The van der Waals surface area contributed by atoms with E-state index in [2.05, 4.69) is 10.2 Å². The molecule has 17 heavy (non-hydrogen) atoms. The predicted molar refractivity (Wildman–Crippen MR) is 66.8 cm³/mol. The van der Waals surface area contributed by atoms with Crippen molar-refractivity contribution in [2.24, 2.45) is 0 Å². The van der Waals surface area contributed by atoms with Gasteiger partial charge in [0.05, 0.1) is 0 Å². The number of hydrogen-bond donors (Lipinski definition) is 0. The molecule has 0 aliphatic heterocycles. The fourth-order valence-electron chi connectivity index (χ4n) is 1.57. The molecule has 0 saturated heterocycles. The molecule has 1 unspecified atom stereocenters. The second-order valence-corrected chi connectivity index (χ2v) is 7.55. The minimum absolute atomic E-state index is 0.133. The van der Waals surface area contributed by atoms with Crippen molar-refractivity contribution in [1.29, 1.82) is 0 Å². The van der Waals surface area contributed by atoms with Crippen molar-refractivity contribution in [3.05, 3.63) is 5.82 Å². The Balaban J connectivity index is 3.53. The predicted octanol–water partition coefficient (Wildman–Crippen LogP) is 2.47. The summed E-state index contributed by atoms with van der Waals surface area (Å²) in [4.78, 5) is 0. The minimum Gasteiger partial charge on any atom is -0.295 e. The van der Waals surface area contributed by atoms with Gasteiger partial charge in [0.15, 0.2) is 0 Å². The van der Waals surface area contributed by atoms with Crippen molar-refractivity contribution in [3.8, 4) is 0 Å². The van der Waals surface area contributed by atoms with Crippen molar-refractivity contribution < 1.29 is 8.42 Å². The van der Waals surface area contributed by atoms with E-state index in [1.54, 1.807) is 4.57 Å². The molecule has 1 rings (SSSR count). The molecule has 0 saturated carbocycles. The number of halogens is 1. The Morgan fingerprint density at radius 2 is 1.88 bits per heavy atom. The van der Waals surface area contributed by atoms with Gasteiger partial charge in [-0.2, -0.15) is 0 Å². The molecule has 0 fully saturated rings. The molecule has 0 N–H and O–H groups in total. The zero-order valence-electron chi connectivity index (χ0n) is 10.7. The van der Waals surface area contributed by atoms with E-state index in [-0.39, 0.29) is 11.1 Å². The normalized spacial score (nSPS) is 14.9. The lowest BCUT2D eigenvalue weighted by molar-refractivity contribution is 0.343. The van der Waals surface area contributed by atoms with Crippen molar-refractivity contribution in [1.82, 2.24) is 14.8 Å². The second-order valence-electron chi connectivity index (χ2n) is 5.09. The third-order valence-electron chi connectivity index (χ3n) is 2.60. The topological polar surface area (TPSA) is 64.8 Å². The van der Waals surface area contributed by atoms with E-state index in [1.807, 2.05) is 34.6 Å². The van der Waals surface area contributed by atoms with E-state index in [1.165, 1.54) is 0 Å².